The fourth-order valence-corrected chi connectivity index (χ4v) is 4.38. The van der Waals surface area contributed by atoms with Crippen molar-refractivity contribution in [3.05, 3.63) is 11.9 Å². The van der Waals surface area contributed by atoms with Gasteiger partial charge in [0, 0.05) is 19.6 Å². The number of sulfonamides is 1. The summed E-state index contributed by atoms with van der Waals surface area (Å²) >= 11 is 0. The van der Waals surface area contributed by atoms with Crippen molar-refractivity contribution in [1.82, 2.24) is 14.1 Å². The van der Waals surface area contributed by atoms with Gasteiger partial charge in [-0.25, -0.2) is 8.42 Å². The van der Waals surface area contributed by atoms with Gasteiger partial charge in [-0.05, 0) is 32.7 Å². The standard InChI is InChI=1S/C11H20N4O2S/c1-8-4-10(5-12)7-15(8)18(16,17)11-6-13-14(3)9(11)2/h6,8,10H,4-5,7,12H2,1-3H3. The lowest BCUT2D eigenvalue weighted by Crippen LogP contribution is -2.34. The summed E-state index contributed by atoms with van der Waals surface area (Å²) in [7, 11) is -1.71. The molecule has 1 fully saturated rings. The molecule has 2 unspecified atom stereocenters. The van der Waals surface area contributed by atoms with E-state index in [1.165, 1.54) is 6.20 Å². The van der Waals surface area contributed by atoms with E-state index in [9.17, 15) is 8.42 Å². The van der Waals surface area contributed by atoms with Gasteiger partial charge in [0.25, 0.3) is 0 Å². The Morgan fingerprint density at radius 2 is 2.22 bits per heavy atom. The molecule has 2 N–H and O–H groups in total. The first-order valence-corrected chi connectivity index (χ1v) is 7.52. The van der Waals surface area contributed by atoms with Gasteiger partial charge in [0.2, 0.25) is 10.0 Å². The maximum Gasteiger partial charge on any atom is 0.246 e. The molecule has 0 radical (unpaired) electrons. The Balaban J connectivity index is 2.35. The molecular formula is C11H20N4O2S. The van der Waals surface area contributed by atoms with Crippen LogP contribution in [-0.4, -0.2) is 41.6 Å². The molecule has 0 bridgehead atoms. The van der Waals surface area contributed by atoms with Crippen LogP contribution in [0.1, 0.15) is 19.0 Å². The average Bonchev–Trinajstić information content (AvgIpc) is 2.84. The maximum atomic E-state index is 12.6. The summed E-state index contributed by atoms with van der Waals surface area (Å²) in [5.41, 5.74) is 6.30. The normalized spacial score (nSPS) is 25.8. The Labute approximate surface area is 108 Å². The molecule has 6 nitrogen and oxygen atoms in total. The van der Waals surface area contributed by atoms with E-state index in [-0.39, 0.29) is 12.0 Å². The van der Waals surface area contributed by atoms with E-state index in [2.05, 4.69) is 5.10 Å². The van der Waals surface area contributed by atoms with Gasteiger partial charge in [-0.1, -0.05) is 0 Å². The number of nitrogens with zero attached hydrogens (tertiary/aromatic N) is 3. The number of hydrogen-bond acceptors (Lipinski definition) is 4. The minimum Gasteiger partial charge on any atom is -0.330 e. The first-order valence-electron chi connectivity index (χ1n) is 6.08. The highest BCUT2D eigenvalue weighted by molar-refractivity contribution is 7.89. The molecule has 0 spiro atoms. The van der Waals surface area contributed by atoms with Crippen LogP contribution in [0, 0.1) is 12.8 Å². The van der Waals surface area contributed by atoms with Gasteiger partial charge < -0.3 is 5.73 Å². The van der Waals surface area contributed by atoms with Crippen molar-refractivity contribution in [2.75, 3.05) is 13.1 Å². The Kier molecular flexibility index (Phi) is 3.48. The molecule has 2 heterocycles. The number of aryl methyl sites for hydroxylation is 1. The van der Waals surface area contributed by atoms with Crippen LogP contribution in [0.15, 0.2) is 11.1 Å². The van der Waals surface area contributed by atoms with E-state index < -0.39 is 10.0 Å². The fourth-order valence-electron chi connectivity index (χ4n) is 2.47. The van der Waals surface area contributed by atoms with Gasteiger partial charge in [-0.15, -0.1) is 0 Å². The Bertz CT molecular complexity index is 537. The fraction of sp³-hybridized carbons (Fsp3) is 0.727. The van der Waals surface area contributed by atoms with Crippen molar-refractivity contribution in [3.8, 4) is 0 Å². The van der Waals surface area contributed by atoms with Gasteiger partial charge >= 0.3 is 0 Å². The van der Waals surface area contributed by atoms with E-state index in [1.54, 1.807) is 23.0 Å². The topological polar surface area (TPSA) is 81.2 Å². The third-order valence-corrected chi connectivity index (χ3v) is 5.80. The zero-order valence-electron chi connectivity index (χ0n) is 11.0. The molecule has 1 aromatic rings. The molecule has 0 aliphatic carbocycles. The van der Waals surface area contributed by atoms with Crippen LogP contribution in [0.25, 0.3) is 0 Å². The number of hydrogen-bond donors (Lipinski definition) is 1. The summed E-state index contributed by atoms with van der Waals surface area (Å²) in [5.74, 6) is 0.256. The second kappa shape index (κ2) is 4.64. The number of nitrogens with two attached hydrogens (primary N) is 1. The predicted molar refractivity (Wildman–Crippen MR) is 68.5 cm³/mol. The highest BCUT2D eigenvalue weighted by Crippen LogP contribution is 2.29. The summed E-state index contributed by atoms with van der Waals surface area (Å²) in [4.78, 5) is 0.300. The second-order valence-corrected chi connectivity index (χ2v) is 6.84. The van der Waals surface area contributed by atoms with Gasteiger partial charge in [0.15, 0.2) is 0 Å². The lowest BCUT2D eigenvalue weighted by Gasteiger charge is -2.20. The van der Waals surface area contributed by atoms with Crippen molar-refractivity contribution < 1.29 is 8.42 Å². The first-order chi connectivity index (χ1) is 8.37. The van der Waals surface area contributed by atoms with Crippen LogP contribution < -0.4 is 5.73 Å². The Morgan fingerprint density at radius 3 is 2.67 bits per heavy atom. The zero-order chi connectivity index (χ0) is 13.5. The summed E-state index contributed by atoms with van der Waals surface area (Å²) in [6.45, 7) is 4.73. The van der Waals surface area contributed by atoms with Gasteiger partial charge in [-0.2, -0.15) is 9.40 Å². The average molecular weight is 272 g/mol. The monoisotopic (exact) mass is 272 g/mol. The van der Waals surface area contributed by atoms with Gasteiger partial charge in [0.1, 0.15) is 4.90 Å². The smallest absolute Gasteiger partial charge is 0.246 e. The van der Waals surface area contributed by atoms with Crippen LogP contribution in [-0.2, 0) is 17.1 Å². The van der Waals surface area contributed by atoms with Crippen molar-refractivity contribution in [2.24, 2.45) is 18.7 Å². The Morgan fingerprint density at radius 1 is 1.56 bits per heavy atom. The molecule has 1 aromatic heterocycles. The second-order valence-electron chi connectivity index (χ2n) is 4.98. The third kappa shape index (κ3) is 2.06. The number of rotatable bonds is 3. The summed E-state index contributed by atoms with van der Waals surface area (Å²) in [6, 6.07) is 0.00292. The molecule has 2 rings (SSSR count). The van der Waals surface area contributed by atoms with E-state index >= 15 is 0 Å². The molecule has 0 amide bonds. The van der Waals surface area contributed by atoms with Gasteiger partial charge in [-0.3, -0.25) is 4.68 Å². The maximum absolute atomic E-state index is 12.6. The highest BCUT2D eigenvalue weighted by atomic mass is 32.2. The molecule has 1 aliphatic rings. The minimum absolute atomic E-state index is 0.00292. The van der Waals surface area contributed by atoms with Crippen LogP contribution in [0.4, 0.5) is 0 Å². The summed E-state index contributed by atoms with van der Waals surface area (Å²) in [6.07, 6.45) is 2.25. The molecular weight excluding hydrogens is 252 g/mol. The van der Waals surface area contributed by atoms with Crippen LogP contribution >= 0.6 is 0 Å². The first kappa shape index (κ1) is 13.5. The largest absolute Gasteiger partial charge is 0.330 e. The van der Waals surface area contributed by atoms with E-state index in [0.717, 1.165) is 6.42 Å². The SMILES string of the molecule is Cc1c(S(=O)(=O)N2CC(CN)CC2C)cnn1C. The molecule has 1 saturated heterocycles. The number of aromatic nitrogens is 2. The molecule has 1 aliphatic heterocycles. The van der Waals surface area contributed by atoms with Crippen LogP contribution in [0.3, 0.4) is 0 Å². The van der Waals surface area contributed by atoms with E-state index in [1.807, 2.05) is 6.92 Å². The van der Waals surface area contributed by atoms with Crippen molar-refractivity contribution in [2.45, 2.75) is 31.2 Å². The van der Waals surface area contributed by atoms with Gasteiger partial charge in [0.05, 0.1) is 11.9 Å². The molecule has 18 heavy (non-hydrogen) atoms. The van der Waals surface area contributed by atoms with Crippen LogP contribution in [0.2, 0.25) is 0 Å². The van der Waals surface area contributed by atoms with Crippen LogP contribution in [0.5, 0.6) is 0 Å². The predicted octanol–water partition coefficient (Wildman–Crippen LogP) is 0.0863. The Hall–Kier alpha value is -0.920. The molecule has 0 aromatic carbocycles. The lowest BCUT2D eigenvalue weighted by molar-refractivity contribution is 0.404. The third-order valence-electron chi connectivity index (χ3n) is 3.71. The summed E-state index contributed by atoms with van der Waals surface area (Å²) < 4.78 is 28.3. The molecule has 102 valence electrons. The molecule has 7 heteroatoms. The summed E-state index contributed by atoms with van der Waals surface area (Å²) in [5, 5.41) is 4.00. The zero-order valence-corrected chi connectivity index (χ0v) is 11.8. The highest BCUT2D eigenvalue weighted by Gasteiger charge is 2.38. The van der Waals surface area contributed by atoms with Crippen molar-refractivity contribution in [3.63, 3.8) is 0 Å². The van der Waals surface area contributed by atoms with E-state index in [4.69, 9.17) is 5.73 Å². The molecule has 2 atom stereocenters. The van der Waals surface area contributed by atoms with Crippen molar-refractivity contribution >= 4 is 10.0 Å². The quantitative estimate of drug-likeness (QED) is 0.845. The van der Waals surface area contributed by atoms with Crippen molar-refractivity contribution in [1.29, 1.82) is 0 Å². The molecule has 0 saturated carbocycles. The lowest BCUT2D eigenvalue weighted by atomic mass is 10.1. The van der Waals surface area contributed by atoms with E-state index in [0.29, 0.717) is 23.7 Å². The minimum atomic E-state index is -3.45.